The van der Waals surface area contributed by atoms with Crippen LogP contribution < -0.4 is 5.32 Å². The van der Waals surface area contributed by atoms with Crippen LogP contribution in [0.5, 0.6) is 0 Å². The summed E-state index contributed by atoms with van der Waals surface area (Å²) >= 11 is 0. The van der Waals surface area contributed by atoms with Crippen LogP contribution in [0.15, 0.2) is 0 Å². The molecule has 1 saturated heterocycles. The minimum atomic E-state index is -1.55. The standard InChI is InChI=1S/C52H103NO8/c1-3-5-7-8-9-10-11-12-13-14-15-16-17-18-19-20-21-22-23-24-25-26-27-28-29-30-31-32-33-34-35-36-37-38-40-42-48(56)53-45(46(55)41-39-6-4-2)44-60-52-51(59)50(58)49(57)47(43-54)61-52/h45-47,49-52,54-55,57-59H,3-44H2,1-2H3,(H,53,56). The van der Waals surface area contributed by atoms with Crippen LogP contribution in [0.1, 0.15) is 271 Å². The number of ether oxygens (including phenoxy) is 2. The number of unbranched alkanes of at least 4 members (excludes halogenated alkanes) is 36. The Morgan fingerprint density at radius 2 is 0.820 bits per heavy atom. The smallest absolute Gasteiger partial charge is 0.220 e. The Morgan fingerprint density at radius 3 is 1.16 bits per heavy atom. The number of rotatable bonds is 46. The van der Waals surface area contributed by atoms with Gasteiger partial charge in [-0.15, -0.1) is 0 Å². The van der Waals surface area contributed by atoms with Crippen molar-refractivity contribution in [3.8, 4) is 0 Å². The third-order valence-corrected chi connectivity index (χ3v) is 13.2. The van der Waals surface area contributed by atoms with Crippen molar-refractivity contribution < 1.29 is 39.8 Å². The van der Waals surface area contributed by atoms with Crippen molar-refractivity contribution >= 4 is 5.91 Å². The van der Waals surface area contributed by atoms with E-state index in [9.17, 15) is 30.3 Å². The molecule has 0 aliphatic carbocycles. The maximum Gasteiger partial charge on any atom is 0.220 e. The van der Waals surface area contributed by atoms with E-state index < -0.39 is 49.5 Å². The predicted octanol–water partition coefficient (Wildman–Crippen LogP) is 12.3. The number of nitrogens with one attached hydrogen (secondary N) is 1. The molecule has 9 heteroatoms. The minimum absolute atomic E-state index is 0.137. The zero-order valence-electron chi connectivity index (χ0n) is 40.2. The molecule has 9 nitrogen and oxygen atoms in total. The van der Waals surface area contributed by atoms with Crippen LogP contribution in [0, 0.1) is 0 Å². The number of aliphatic hydroxyl groups excluding tert-OH is 5. The van der Waals surface area contributed by atoms with Crippen LogP contribution in [-0.4, -0.2) is 87.5 Å². The summed E-state index contributed by atoms with van der Waals surface area (Å²) < 4.78 is 11.1. The van der Waals surface area contributed by atoms with E-state index in [2.05, 4.69) is 19.2 Å². The summed E-state index contributed by atoms with van der Waals surface area (Å²) in [6.45, 7) is 3.69. The molecule has 0 saturated carbocycles. The molecule has 1 fully saturated rings. The van der Waals surface area contributed by atoms with Crippen molar-refractivity contribution in [2.75, 3.05) is 13.2 Å². The largest absolute Gasteiger partial charge is 0.394 e. The summed E-state index contributed by atoms with van der Waals surface area (Å²) in [5.41, 5.74) is 0. The Morgan fingerprint density at radius 1 is 0.492 bits per heavy atom. The van der Waals surface area contributed by atoms with Gasteiger partial charge in [0.05, 0.1) is 25.4 Å². The van der Waals surface area contributed by atoms with E-state index in [1.807, 2.05) is 0 Å². The minimum Gasteiger partial charge on any atom is -0.394 e. The first kappa shape index (κ1) is 58.2. The Hall–Kier alpha value is -0.810. The van der Waals surface area contributed by atoms with Gasteiger partial charge in [0.2, 0.25) is 5.91 Å². The van der Waals surface area contributed by atoms with Gasteiger partial charge in [-0.3, -0.25) is 4.79 Å². The molecule has 1 rings (SSSR count). The summed E-state index contributed by atoms with van der Waals surface area (Å²) in [4.78, 5) is 12.8. The van der Waals surface area contributed by atoms with Gasteiger partial charge in [0.1, 0.15) is 24.4 Å². The van der Waals surface area contributed by atoms with E-state index >= 15 is 0 Å². The van der Waals surface area contributed by atoms with Crippen LogP contribution in [0.2, 0.25) is 0 Å². The quantitative estimate of drug-likeness (QED) is 0.0331. The average Bonchev–Trinajstić information content (AvgIpc) is 3.26. The van der Waals surface area contributed by atoms with Crippen LogP contribution in [0.25, 0.3) is 0 Å². The van der Waals surface area contributed by atoms with E-state index in [4.69, 9.17) is 9.47 Å². The molecule has 0 aromatic heterocycles. The lowest BCUT2D eigenvalue weighted by Crippen LogP contribution is -2.60. The number of carbonyl (C=O) groups is 1. The van der Waals surface area contributed by atoms with Crippen molar-refractivity contribution in [1.82, 2.24) is 5.32 Å². The fourth-order valence-corrected chi connectivity index (χ4v) is 8.93. The zero-order valence-corrected chi connectivity index (χ0v) is 40.2. The fraction of sp³-hybridized carbons (Fsp3) is 0.981. The first-order valence-corrected chi connectivity index (χ1v) is 26.7. The molecular weight excluding hydrogens is 767 g/mol. The molecule has 1 amide bonds. The third kappa shape index (κ3) is 33.3. The van der Waals surface area contributed by atoms with E-state index in [0.29, 0.717) is 12.8 Å². The second-order valence-electron chi connectivity index (χ2n) is 19.0. The molecular formula is C52H103NO8. The lowest BCUT2D eigenvalue weighted by atomic mass is 9.99. The van der Waals surface area contributed by atoms with E-state index in [0.717, 1.165) is 38.5 Å². The highest BCUT2D eigenvalue weighted by molar-refractivity contribution is 5.76. The summed E-state index contributed by atoms with van der Waals surface area (Å²) in [6, 6.07) is -0.709. The highest BCUT2D eigenvalue weighted by Crippen LogP contribution is 2.23. The Balaban J connectivity index is 1.90. The van der Waals surface area contributed by atoms with E-state index in [-0.39, 0.29) is 12.5 Å². The van der Waals surface area contributed by atoms with Gasteiger partial charge in [-0.1, -0.05) is 251 Å². The molecule has 7 atom stereocenters. The van der Waals surface area contributed by atoms with E-state index in [1.54, 1.807) is 0 Å². The number of aliphatic hydroxyl groups is 5. The highest BCUT2D eigenvalue weighted by Gasteiger charge is 2.44. The maximum absolute atomic E-state index is 12.8. The molecule has 364 valence electrons. The molecule has 0 bridgehead atoms. The average molecular weight is 870 g/mol. The molecule has 1 aliphatic rings. The molecule has 1 aliphatic heterocycles. The highest BCUT2D eigenvalue weighted by atomic mass is 16.7. The molecule has 0 aromatic rings. The fourth-order valence-electron chi connectivity index (χ4n) is 8.93. The molecule has 61 heavy (non-hydrogen) atoms. The number of carbonyl (C=O) groups excluding carboxylic acids is 1. The lowest BCUT2D eigenvalue weighted by Gasteiger charge is -2.40. The van der Waals surface area contributed by atoms with Crippen molar-refractivity contribution in [1.29, 1.82) is 0 Å². The van der Waals surface area contributed by atoms with Gasteiger partial charge in [0.25, 0.3) is 0 Å². The van der Waals surface area contributed by atoms with Crippen molar-refractivity contribution in [3.05, 3.63) is 0 Å². The molecule has 0 spiro atoms. The Bertz CT molecular complexity index is 924. The van der Waals surface area contributed by atoms with Crippen LogP contribution >= 0.6 is 0 Å². The number of hydrogen-bond acceptors (Lipinski definition) is 8. The molecule has 7 unspecified atom stereocenters. The van der Waals surface area contributed by atoms with Gasteiger partial charge in [-0.25, -0.2) is 0 Å². The van der Waals surface area contributed by atoms with Crippen LogP contribution in [-0.2, 0) is 14.3 Å². The Labute approximate surface area is 376 Å². The third-order valence-electron chi connectivity index (χ3n) is 13.2. The predicted molar refractivity (Wildman–Crippen MR) is 254 cm³/mol. The Kier molecular flexibility index (Phi) is 41.1. The SMILES string of the molecule is CCCCCCCCCCCCCCCCCCCCCCCCCCCCCCCCCCCCCC(=O)NC(COC1OC(CO)C(O)C(O)C1O)C(O)CCCCC. The van der Waals surface area contributed by atoms with Gasteiger partial charge >= 0.3 is 0 Å². The van der Waals surface area contributed by atoms with Crippen LogP contribution in [0.3, 0.4) is 0 Å². The van der Waals surface area contributed by atoms with Crippen molar-refractivity contribution in [3.63, 3.8) is 0 Å². The van der Waals surface area contributed by atoms with Gasteiger partial charge in [-0.05, 0) is 12.8 Å². The first-order chi connectivity index (χ1) is 29.8. The number of hydrogen-bond donors (Lipinski definition) is 6. The summed E-state index contributed by atoms with van der Waals surface area (Å²) in [5.74, 6) is -0.150. The monoisotopic (exact) mass is 870 g/mol. The summed E-state index contributed by atoms with van der Waals surface area (Å²) in [5, 5.41) is 53.6. The second-order valence-corrected chi connectivity index (χ2v) is 19.0. The summed E-state index contributed by atoms with van der Waals surface area (Å²) in [6.07, 6.45) is 44.1. The molecule has 6 N–H and O–H groups in total. The van der Waals surface area contributed by atoms with Gasteiger partial charge < -0.3 is 40.3 Å². The normalized spacial score (nSPS) is 20.3. The van der Waals surface area contributed by atoms with Crippen molar-refractivity contribution in [2.24, 2.45) is 0 Å². The molecule has 0 aromatic carbocycles. The maximum atomic E-state index is 12.8. The lowest BCUT2D eigenvalue weighted by molar-refractivity contribution is -0.302. The summed E-state index contributed by atoms with van der Waals surface area (Å²) in [7, 11) is 0. The van der Waals surface area contributed by atoms with Crippen molar-refractivity contribution in [2.45, 2.75) is 314 Å². The molecule has 0 radical (unpaired) electrons. The molecule has 1 heterocycles. The van der Waals surface area contributed by atoms with Gasteiger partial charge in [0.15, 0.2) is 6.29 Å². The van der Waals surface area contributed by atoms with Gasteiger partial charge in [-0.2, -0.15) is 0 Å². The zero-order chi connectivity index (χ0) is 44.4. The van der Waals surface area contributed by atoms with E-state index in [1.165, 1.54) is 205 Å². The topological polar surface area (TPSA) is 149 Å². The second kappa shape index (κ2) is 43.1. The van der Waals surface area contributed by atoms with Crippen LogP contribution in [0.4, 0.5) is 0 Å². The first-order valence-electron chi connectivity index (χ1n) is 26.7. The van der Waals surface area contributed by atoms with Gasteiger partial charge in [0, 0.05) is 6.42 Å². The number of amides is 1.